The van der Waals surface area contributed by atoms with Crippen LogP contribution in [0.3, 0.4) is 0 Å². The van der Waals surface area contributed by atoms with Crippen LogP contribution in [0.2, 0.25) is 0 Å². The highest BCUT2D eigenvalue weighted by molar-refractivity contribution is 6.63. The van der Waals surface area contributed by atoms with Crippen molar-refractivity contribution in [3.8, 4) is 33.8 Å². The molecule has 5 aromatic carbocycles. The fourth-order valence-electron chi connectivity index (χ4n) is 6.09. The standard InChI is InChI=1S/C32H6BF17O2/c34-9-3-1-6-5-7-12(11(6)18(9)37)20(39)25(44)28(47)30(7)51-33(8-2-4-10(35)19(38)17(8)36)52-31-16-14(22(41)26(45)29(31)48)13-15(32(16,49)50)23(42)27(46)24(43)21(13)40/h1-4H,5H2. The predicted octanol–water partition coefficient (Wildman–Crippen LogP) is 9.32. The van der Waals surface area contributed by atoms with Crippen molar-refractivity contribution < 1.29 is 83.9 Å². The summed E-state index contributed by atoms with van der Waals surface area (Å²) in [6, 6.07) is 1.55. The van der Waals surface area contributed by atoms with E-state index in [1.807, 2.05) is 0 Å². The number of fused-ring (bicyclic) bond motifs is 6. The van der Waals surface area contributed by atoms with E-state index in [-0.39, 0.29) is 17.7 Å². The molecule has 268 valence electrons. The Labute approximate surface area is 276 Å². The molecule has 0 fully saturated rings. The molecule has 2 aliphatic rings. The van der Waals surface area contributed by atoms with Gasteiger partial charge in [-0.1, -0.05) is 12.1 Å². The molecule has 0 unspecified atom stereocenters. The molecule has 2 nitrogen and oxygen atoms in total. The van der Waals surface area contributed by atoms with Gasteiger partial charge in [-0.05, 0) is 17.7 Å². The van der Waals surface area contributed by atoms with Crippen LogP contribution in [0.5, 0.6) is 11.5 Å². The molecule has 7 rings (SSSR count). The Hall–Kier alpha value is -5.43. The summed E-state index contributed by atoms with van der Waals surface area (Å²) >= 11 is 0. The second-order valence-corrected chi connectivity index (χ2v) is 11.1. The van der Waals surface area contributed by atoms with Gasteiger partial charge < -0.3 is 9.31 Å². The normalized spacial score (nSPS) is 13.6. The smallest absolute Gasteiger partial charge is 0.519 e. The van der Waals surface area contributed by atoms with Gasteiger partial charge in [-0.3, -0.25) is 0 Å². The van der Waals surface area contributed by atoms with E-state index < -0.39 is 163 Å². The van der Waals surface area contributed by atoms with Crippen molar-refractivity contribution >= 4 is 12.6 Å². The molecule has 0 bridgehead atoms. The molecule has 0 atom stereocenters. The number of rotatable bonds is 5. The lowest BCUT2D eigenvalue weighted by Crippen LogP contribution is -2.46. The number of halogens is 17. The summed E-state index contributed by atoms with van der Waals surface area (Å²) in [6.07, 6.45) is -0.879. The first-order valence-corrected chi connectivity index (χ1v) is 13.9. The minimum Gasteiger partial charge on any atom is -0.519 e. The van der Waals surface area contributed by atoms with E-state index in [0.29, 0.717) is 6.07 Å². The molecule has 0 spiro atoms. The first-order chi connectivity index (χ1) is 24.3. The highest BCUT2D eigenvalue weighted by Crippen LogP contribution is 2.59. The molecule has 0 saturated heterocycles. The van der Waals surface area contributed by atoms with E-state index in [4.69, 9.17) is 9.31 Å². The second kappa shape index (κ2) is 11.5. The van der Waals surface area contributed by atoms with Crippen LogP contribution in [0.15, 0.2) is 24.3 Å². The van der Waals surface area contributed by atoms with Crippen LogP contribution in [0.25, 0.3) is 22.3 Å². The van der Waals surface area contributed by atoms with Crippen molar-refractivity contribution in [2.24, 2.45) is 0 Å². The molecule has 0 radical (unpaired) electrons. The Morgan fingerprint density at radius 3 is 1.54 bits per heavy atom. The Morgan fingerprint density at radius 1 is 0.423 bits per heavy atom. The van der Waals surface area contributed by atoms with Gasteiger partial charge in [-0.15, -0.1) is 0 Å². The Bertz CT molecular complexity index is 2450. The molecule has 0 heterocycles. The summed E-state index contributed by atoms with van der Waals surface area (Å²) in [6.45, 7) is 0. The van der Waals surface area contributed by atoms with E-state index in [1.54, 1.807) is 0 Å². The summed E-state index contributed by atoms with van der Waals surface area (Å²) in [5, 5.41) is 0. The lowest BCUT2D eigenvalue weighted by atomic mass is 9.77. The van der Waals surface area contributed by atoms with Crippen LogP contribution in [-0.2, 0) is 12.3 Å². The molecule has 20 heteroatoms. The van der Waals surface area contributed by atoms with Gasteiger partial charge in [0.05, 0.1) is 16.6 Å². The van der Waals surface area contributed by atoms with E-state index in [1.165, 1.54) is 0 Å². The van der Waals surface area contributed by atoms with Crippen molar-refractivity contribution in [2.75, 3.05) is 0 Å². The Balaban J connectivity index is 1.49. The molecule has 0 saturated carbocycles. The van der Waals surface area contributed by atoms with Gasteiger partial charge >= 0.3 is 13.0 Å². The maximum Gasteiger partial charge on any atom is 0.635 e. The summed E-state index contributed by atoms with van der Waals surface area (Å²) in [4.78, 5) is 0. The summed E-state index contributed by atoms with van der Waals surface area (Å²) in [7, 11) is -3.32. The van der Waals surface area contributed by atoms with Gasteiger partial charge in [0, 0.05) is 34.2 Å². The maximum absolute atomic E-state index is 15.8. The zero-order valence-corrected chi connectivity index (χ0v) is 24.3. The highest BCUT2D eigenvalue weighted by Gasteiger charge is 2.56. The third-order valence-electron chi connectivity index (χ3n) is 8.37. The topological polar surface area (TPSA) is 18.5 Å². The summed E-state index contributed by atoms with van der Waals surface area (Å²) in [5.41, 5.74) is -14.6. The summed E-state index contributed by atoms with van der Waals surface area (Å²) in [5.74, 6) is -46.7. The SMILES string of the molecule is Fc1ccc(B(Oc2c(F)c(F)c(F)c3c2Cc2ccc(F)c(F)c2-3)Oc2c(F)c(F)c(F)c3c2C(F)(F)c2c(F)c(F)c(F)c(F)c2-3)c(F)c1F. The molecule has 0 aromatic heterocycles. The van der Waals surface area contributed by atoms with E-state index in [9.17, 15) is 43.9 Å². The highest BCUT2D eigenvalue weighted by atomic mass is 19.3. The van der Waals surface area contributed by atoms with E-state index in [2.05, 4.69) is 0 Å². The average Bonchev–Trinajstić information content (AvgIpc) is 3.61. The van der Waals surface area contributed by atoms with E-state index in [0.717, 1.165) is 6.07 Å². The average molecular weight is 756 g/mol. The number of hydrogen-bond donors (Lipinski definition) is 0. The Kier molecular flexibility index (Phi) is 7.77. The number of benzene rings is 5. The van der Waals surface area contributed by atoms with Crippen LogP contribution in [0, 0.1) is 87.3 Å². The molecular weight excluding hydrogens is 750 g/mol. The minimum atomic E-state index is -5.41. The van der Waals surface area contributed by atoms with E-state index >= 15 is 30.7 Å². The van der Waals surface area contributed by atoms with Crippen molar-refractivity contribution in [1.82, 2.24) is 0 Å². The van der Waals surface area contributed by atoms with Crippen LogP contribution in [0.1, 0.15) is 22.3 Å². The number of hydrogen-bond acceptors (Lipinski definition) is 2. The zero-order chi connectivity index (χ0) is 38.0. The zero-order valence-electron chi connectivity index (χ0n) is 24.3. The monoisotopic (exact) mass is 756 g/mol. The molecule has 52 heavy (non-hydrogen) atoms. The van der Waals surface area contributed by atoms with Gasteiger partial charge in [0.2, 0.25) is 11.6 Å². The van der Waals surface area contributed by atoms with Gasteiger partial charge in [0.15, 0.2) is 81.4 Å². The molecule has 0 aliphatic heterocycles. The van der Waals surface area contributed by atoms with Crippen molar-refractivity contribution in [3.63, 3.8) is 0 Å². The lowest BCUT2D eigenvalue weighted by Gasteiger charge is -2.24. The predicted molar refractivity (Wildman–Crippen MR) is 142 cm³/mol. The van der Waals surface area contributed by atoms with Crippen LogP contribution in [0.4, 0.5) is 74.6 Å². The molecule has 2 aliphatic carbocycles. The largest absolute Gasteiger partial charge is 0.635 e. The van der Waals surface area contributed by atoms with Crippen LogP contribution < -0.4 is 14.8 Å². The first-order valence-electron chi connectivity index (χ1n) is 13.9. The third kappa shape index (κ3) is 4.54. The molecular formula is C32H6BF17O2. The molecule has 0 amide bonds. The van der Waals surface area contributed by atoms with Crippen LogP contribution in [-0.4, -0.2) is 7.12 Å². The molecule has 5 aromatic rings. The Morgan fingerprint density at radius 2 is 0.904 bits per heavy atom. The third-order valence-corrected chi connectivity index (χ3v) is 8.37. The molecule has 0 N–H and O–H groups in total. The minimum absolute atomic E-state index is 0.0697. The summed E-state index contributed by atoms with van der Waals surface area (Å²) < 4.78 is 262. The van der Waals surface area contributed by atoms with Crippen molar-refractivity contribution in [3.05, 3.63) is 134 Å². The second-order valence-electron chi connectivity index (χ2n) is 11.1. The van der Waals surface area contributed by atoms with Gasteiger partial charge in [-0.25, -0.2) is 57.1 Å². The van der Waals surface area contributed by atoms with Crippen molar-refractivity contribution in [2.45, 2.75) is 12.3 Å². The van der Waals surface area contributed by atoms with Gasteiger partial charge in [-0.2, -0.15) is 17.6 Å². The fraction of sp³-hybridized carbons (Fsp3) is 0.0625. The fourth-order valence-corrected chi connectivity index (χ4v) is 6.09. The number of alkyl halides is 2. The lowest BCUT2D eigenvalue weighted by molar-refractivity contribution is 0.0404. The van der Waals surface area contributed by atoms with Gasteiger partial charge in [0.25, 0.3) is 0 Å². The maximum atomic E-state index is 15.8. The van der Waals surface area contributed by atoms with Gasteiger partial charge in [0.1, 0.15) is 5.75 Å². The quantitative estimate of drug-likeness (QED) is 0.0756. The van der Waals surface area contributed by atoms with Crippen molar-refractivity contribution in [1.29, 1.82) is 0 Å². The first kappa shape index (κ1) is 35.0. The van der Waals surface area contributed by atoms with Crippen LogP contribution >= 0.6 is 0 Å².